The number of hydrogen-bond donors (Lipinski definition) is 2. The third-order valence-corrected chi connectivity index (χ3v) is 3.43. The summed E-state index contributed by atoms with van der Waals surface area (Å²) in [6.45, 7) is 1.80. The minimum Gasteiger partial charge on any atom is -0.385 e. The molecular weight excluding hydrogens is 226 g/mol. The van der Waals surface area contributed by atoms with Crippen LogP contribution in [0.4, 0.5) is 11.4 Å². The highest BCUT2D eigenvalue weighted by atomic mass is 16.1. The lowest BCUT2D eigenvalue weighted by Crippen LogP contribution is -2.27. The number of nitrogens with one attached hydrogen (secondary N) is 2. The van der Waals surface area contributed by atoms with Gasteiger partial charge in [0.05, 0.1) is 0 Å². The van der Waals surface area contributed by atoms with Crippen LogP contribution >= 0.6 is 0 Å². The highest BCUT2D eigenvalue weighted by molar-refractivity contribution is 5.76. The van der Waals surface area contributed by atoms with Gasteiger partial charge in [-0.3, -0.25) is 4.79 Å². The van der Waals surface area contributed by atoms with Gasteiger partial charge < -0.3 is 15.5 Å². The second-order valence-electron chi connectivity index (χ2n) is 4.68. The Morgan fingerprint density at radius 2 is 2.33 bits per heavy atom. The van der Waals surface area contributed by atoms with Crippen LogP contribution in [0.3, 0.4) is 0 Å². The van der Waals surface area contributed by atoms with E-state index in [9.17, 15) is 4.79 Å². The van der Waals surface area contributed by atoms with Crippen LogP contribution in [-0.4, -0.2) is 33.1 Å². The lowest BCUT2D eigenvalue weighted by Gasteiger charge is -2.27. The van der Waals surface area contributed by atoms with Crippen molar-refractivity contribution in [2.24, 2.45) is 0 Å². The second kappa shape index (κ2) is 5.76. The van der Waals surface area contributed by atoms with E-state index in [1.165, 1.54) is 23.4 Å². The van der Waals surface area contributed by atoms with Gasteiger partial charge in [0, 0.05) is 45.0 Å². The number of carbonyl (C=O) groups excluding carboxylic acids is 1. The number of amides is 1. The summed E-state index contributed by atoms with van der Waals surface area (Å²) < 4.78 is 0. The Hall–Kier alpha value is -1.71. The van der Waals surface area contributed by atoms with Gasteiger partial charge >= 0.3 is 0 Å². The average Bonchev–Trinajstić information content (AvgIpc) is 2.43. The molecule has 18 heavy (non-hydrogen) atoms. The molecule has 2 N–H and O–H groups in total. The van der Waals surface area contributed by atoms with Crippen LogP contribution in [0.25, 0.3) is 0 Å². The van der Waals surface area contributed by atoms with E-state index in [1.54, 1.807) is 7.05 Å². The summed E-state index contributed by atoms with van der Waals surface area (Å²) in [4.78, 5) is 13.5. The van der Waals surface area contributed by atoms with Gasteiger partial charge in [0.25, 0.3) is 0 Å². The van der Waals surface area contributed by atoms with Crippen LogP contribution in [0.5, 0.6) is 0 Å². The Morgan fingerprint density at radius 3 is 3.11 bits per heavy atom. The first-order chi connectivity index (χ1) is 8.72. The molecule has 2 rings (SSSR count). The quantitative estimate of drug-likeness (QED) is 0.849. The average molecular weight is 247 g/mol. The topological polar surface area (TPSA) is 44.4 Å². The molecule has 1 amide bonds. The van der Waals surface area contributed by atoms with Crippen molar-refractivity contribution in [3.63, 3.8) is 0 Å². The van der Waals surface area contributed by atoms with Crippen molar-refractivity contribution >= 4 is 17.3 Å². The molecule has 0 fully saturated rings. The van der Waals surface area contributed by atoms with E-state index in [0.717, 1.165) is 19.5 Å². The molecule has 1 aliphatic heterocycles. The molecule has 0 unspecified atom stereocenters. The van der Waals surface area contributed by atoms with E-state index in [-0.39, 0.29) is 5.91 Å². The van der Waals surface area contributed by atoms with E-state index < -0.39 is 0 Å². The molecule has 0 aromatic heterocycles. The SMILES string of the molecule is CNC(=O)CCN(C)c1cccc2c1CCCN2. The molecular formula is C14H21N3O. The monoisotopic (exact) mass is 247 g/mol. The van der Waals surface area contributed by atoms with Gasteiger partial charge in [-0.2, -0.15) is 0 Å². The number of fused-ring (bicyclic) bond motifs is 1. The molecule has 0 radical (unpaired) electrons. The first-order valence-corrected chi connectivity index (χ1v) is 6.50. The van der Waals surface area contributed by atoms with Crippen molar-refractivity contribution in [1.29, 1.82) is 0 Å². The van der Waals surface area contributed by atoms with Crippen molar-refractivity contribution in [2.75, 3.05) is 37.4 Å². The molecule has 4 heteroatoms. The third-order valence-electron chi connectivity index (χ3n) is 3.43. The molecule has 0 bridgehead atoms. The summed E-state index contributed by atoms with van der Waals surface area (Å²) in [7, 11) is 3.73. The maximum absolute atomic E-state index is 11.3. The molecule has 1 heterocycles. The summed E-state index contributed by atoms with van der Waals surface area (Å²) in [6, 6.07) is 6.34. The Balaban J connectivity index is 2.10. The normalized spacial score (nSPS) is 13.4. The molecule has 1 aliphatic rings. The fourth-order valence-corrected chi connectivity index (χ4v) is 2.36. The summed E-state index contributed by atoms with van der Waals surface area (Å²) in [5.74, 6) is 0.0878. The van der Waals surface area contributed by atoms with Gasteiger partial charge in [-0.1, -0.05) is 6.07 Å². The Kier molecular flexibility index (Phi) is 4.07. The lowest BCUT2D eigenvalue weighted by molar-refractivity contribution is -0.120. The Bertz CT molecular complexity index is 431. The van der Waals surface area contributed by atoms with Crippen LogP contribution < -0.4 is 15.5 Å². The molecule has 1 aromatic rings. The maximum atomic E-state index is 11.3. The zero-order valence-corrected chi connectivity index (χ0v) is 11.1. The molecule has 1 aromatic carbocycles. The molecule has 0 saturated heterocycles. The Morgan fingerprint density at radius 1 is 1.50 bits per heavy atom. The highest BCUT2D eigenvalue weighted by Crippen LogP contribution is 2.30. The molecule has 0 spiro atoms. The number of hydrogen-bond acceptors (Lipinski definition) is 3. The van der Waals surface area contributed by atoms with Crippen LogP contribution in [-0.2, 0) is 11.2 Å². The smallest absolute Gasteiger partial charge is 0.221 e. The summed E-state index contributed by atoms with van der Waals surface area (Å²) in [5, 5.41) is 6.08. The van der Waals surface area contributed by atoms with Crippen molar-refractivity contribution in [3.05, 3.63) is 23.8 Å². The standard InChI is InChI=1S/C14H21N3O/c1-15-14(18)8-10-17(2)13-7-3-6-12-11(13)5-4-9-16-12/h3,6-7,16H,4-5,8-10H2,1-2H3,(H,15,18). The lowest BCUT2D eigenvalue weighted by atomic mass is 10.0. The molecule has 4 nitrogen and oxygen atoms in total. The second-order valence-corrected chi connectivity index (χ2v) is 4.68. The number of rotatable bonds is 4. The zero-order valence-electron chi connectivity index (χ0n) is 11.1. The van der Waals surface area contributed by atoms with Gasteiger partial charge in [-0.25, -0.2) is 0 Å². The van der Waals surface area contributed by atoms with Crippen molar-refractivity contribution in [1.82, 2.24) is 5.32 Å². The zero-order chi connectivity index (χ0) is 13.0. The van der Waals surface area contributed by atoms with Crippen LogP contribution in [0.1, 0.15) is 18.4 Å². The number of carbonyl (C=O) groups is 1. The minimum atomic E-state index is 0.0878. The van der Waals surface area contributed by atoms with Gasteiger partial charge in [0.1, 0.15) is 0 Å². The highest BCUT2D eigenvalue weighted by Gasteiger charge is 2.15. The number of nitrogens with zero attached hydrogens (tertiary/aromatic N) is 1. The first kappa shape index (κ1) is 12.7. The molecule has 0 atom stereocenters. The Labute approximate surface area is 108 Å². The van der Waals surface area contributed by atoms with Crippen molar-refractivity contribution in [3.8, 4) is 0 Å². The first-order valence-electron chi connectivity index (χ1n) is 6.50. The molecule has 0 saturated carbocycles. The van der Waals surface area contributed by atoms with Gasteiger partial charge in [-0.15, -0.1) is 0 Å². The number of anilines is 2. The van der Waals surface area contributed by atoms with E-state index in [0.29, 0.717) is 6.42 Å². The fraction of sp³-hybridized carbons (Fsp3) is 0.500. The molecule has 98 valence electrons. The maximum Gasteiger partial charge on any atom is 0.221 e. The van der Waals surface area contributed by atoms with E-state index >= 15 is 0 Å². The minimum absolute atomic E-state index is 0.0878. The summed E-state index contributed by atoms with van der Waals surface area (Å²) >= 11 is 0. The molecule has 0 aliphatic carbocycles. The van der Waals surface area contributed by atoms with Gasteiger partial charge in [-0.05, 0) is 30.5 Å². The third kappa shape index (κ3) is 2.75. The largest absolute Gasteiger partial charge is 0.385 e. The fourth-order valence-electron chi connectivity index (χ4n) is 2.36. The number of benzene rings is 1. The van der Waals surface area contributed by atoms with Gasteiger partial charge in [0.2, 0.25) is 5.91 Å². The van der Waals surface area contributed by atoms with E-state index in [2.05, 4.69) is 33.7 Å². The summed E-state index contributed by atoms with van der Waals surface area (Å²) in [6.07, 6.45) is 2.82. The van der Waals surface area contributed by atoms with Crippen molar-refractivity contribution in [2.45, 2.75) is 19.3 Å². The van der Waals surface area contributed by atoms with Gasteiger partial charge in [0.15, 0.2) is 0 Å². The van der Waals surface area contributed by atoms with E-state index in [1.807, 2.05) is 7.05 Å². The van der Waals surface area contributed by atoms with Crippen LogP contribution in [0.2, 0.25) is 0 Å². The van der Waals surface area contributed by atoms with Crippen molar-refractivity contribution < 1.29 is 4.79 Å². The van der Waals surface area contributed by atoms with Crippen LogP contribution in [0, 0.1) is 0 Å². The van der Waals surface area contributed by atoms with Crippen LogP contribution in [0.15, 0.2) is 18.2 Å². The summed E-state index contributed by atoms with van der Waals surface area (Å²) in [5.41, 5.74) is 3.86. The predicted octanol–water partition coefficient (Wildman–Crippen LogP) is 1.62. The van der Waals surface area contributed by atoms with E-state index in [4.69, 9.17) is 0 Å². The predicted molar refractivity (Wildman–Crippen MR) is 75.2 cm³/mol.